The Kier molecular flexibility index (Phi) is 19.1. The molecule has 0 aromatic heterocycles. The van der Waals surface area contributed by atoms with Crippen LogP contribution in [0.1, 0.15) is 103 Å². The summed E-state index contributed by atoms with van der Waals surface area (Å²) in [5.41, 5.74) is 5.13. The quantitative estimate of drug-likeness (QED) is 0.136. The number of carbonyl (C=O) groups excluding carboxylic acids is 2. The zero-order valence-electron chi connectivity index (χ0n) is 19.1. The molecule has 0 aliphatic carbocycles. The molecule has 0 heterocycles. The van der Waals surface area contributed by atoms with Gasteiger partial charge in [-0.2, -0.15) is 0 Å². The Morgan fingerprint density at radius 2 is 1.28 bits per heavy atom. The average molecular weight is 624 g/mol. The molecule has 0 unspecified atom stereocenters. The summed E-state index contributed by atoms with van der Waals surface area (Å²) in [4.78, 5) is 44.4. The van der Waals surface area contributed by atoms with Crippen molar-refractivity contribution in [3.05, 3.63) is 0 Å². The summed E-state index contributed by atoms with van der Waals surface area (Å²) in [6, 6.07) is 0. The Hall–Kier alpha value is -1.56. The molecular formula is C23H40N2O6W. The maximum atomic E-state index is 11.9. The van der Waals surface area contributed by atoms with Crippen molar-refractivity contribution in [1.82, 2.24) is 5.32 Å². The van der Waals surface area contributed by atoms with E-state index < -0.39 is 17.9 Å². The van der Waals surface area contributed by atoms with Crippen LogP contribution in [0.25, 0.3) is 0 Å². The monoisotopic (exact) mass is 624 g/mol. The Balaban J connectivity index is 3.75. The van der Waals surface area contributed by atoms with E-state index in [1.807, 2.05) is 0 Å². The van der Waals surface area contributed by atoms with Gasteiger partial charge in [0, 0.05) is 6.42 Å². The number of rotatable bonds is 22. The summed E-state index contributed by atoms with van der Waals surface area (Å²) in [5.74, 6) is -3.10. The average Bonchev–Trinajstić information content (AvgIpc) is 2.71. The van der Waals surface area contributed by atoms with Crippen molar-refractivity contribution in [1.29, 1.82) is 0 Å². The van der Waals surface area contributed by atoms with Crippen LogP contribution in [-0.2, 0) is 38.5 Å². The van der Waals surface area contributed by atoms with Gasteiger partial charge in [0.2, 0.25) is 0 Å². The first kappa shape index (κ1) is 30.4. The van der Waals surface area contributed by atoms with Crippen molar-refractivity contribution >= 4 is 27.7 Å². The van der Waals surface area contributed by atoms with E-state index in [1.54, 1.807) is 3.90 Å². The van der Waals surface area contributed by atoms with Gasteiger partial charge in [-0.3, -0.25) is 4.79 Å². The topological polar surface area (TPSA) is 147 Å². The molecule has 0 saturated carbocycles. The number of unbranched alkanes of at least 4 members (excludes halogenated alkanes) is 7. The maximum absolute atomic E-state index is 11.9. The van der Waals surface area contributed by atoms with E-state index in [4.69, 9.17) is 10.8 Å². The molecule has 0 aliphatic rings. The predicted octanol–water partition coefficient (Wildman–Crippen LogP) is 3.33. The molecule has 0 rings (SSSR count). The normalized spacial score (nSPS) is 11.6. The van der Waals surface area contributed by atoms with Gasteiger partial charge in [-0.05, 0) is 0 Å². The summed E-state index contributed by atoms with van der Waals surface area (Å²) in [7, 11) is 0. The number of nitrogens with two attached hydrogens (primary N) is 1. The summed E-state index contributed by atoms with van der Waals surface area (Å²) >= 11 is 1.53. The van der Waals surface area contributed by atoms with Crippen LogP contribution in [0.5, 0.6) is 0 Å². The fourth-order valence-electron chi connectivity index (χ4n) is 3.42. The van der Waals surface area contributed by atoms with Gasteiger partial charge in [0.15, 0.2) is 0 Å². The molecule has 32 heavy (non-hydrogen) atoms. The zero-order valence-corrected chi connectivity index (χ0v) is 22.0. The standard InChI is InChI=1S/C23H40N2O6.W/c24-20(26)15-12-10-8-6-4-2-1-3-5-7-9-11-14-19(23(30)31)18-21(27)25-17-13-16-22(28)29;/h19H,1-2,4-18H2,(H2,24,26)(H,25,27)(H,28,29)(H,30,31);/t19-;/m1./s1. The molecule has 0 radical (unpaired) electrons. The van der Waals surface area contributed by atoms with Gasteiger partial charge < -0.3 is 5.11 Å². The van der Waals surface area contributed by atoms with Crippen LogP contribution in [0.15, 0.2) is 0 Å². The van der Waals surface area contributed by atoms with Crippen LogP contribution in [0.2, 0.25) is 0 Å². The van der Waals surface area contributed by atoms with Crippen molar-refractivity contribution in [3.63, 3.8) is 0 Å². The van der Waals surface area contributed by atoms with E-state index in [2.05, 4.69) is 5.32 Å². The van der Waals surface area contributed by atoms with Crippen molar-refractivity contribution in [2.75, 3.05) is 6.54 Å². The van der Waals surface area contributed by atoms with Crippen molar-refractivity contribution < 1.29 is 48.7 Å². The number of hydrogen-bond acceptors (Lipinski definition) is 4. The molecule has 0 saturated heterocycles. The molecule has 0 aromatic carbocycles. The predicted molar refractivity (Wildman–Crippen MR) is 120 cm³/mol. The molecule has 0 aromatic rings. The van der Waals surface area contributed by atoms with Crippen molar-refractivity contribution in [3.8, 4) is 0 Å². The molecule has 5 N–H and O–H groups in total. The number of hydrogen-bond donors (Lipinski definition) is 4. The summed E-state index contributed by atoms with van der Waals surface area (Å²) in [6.45, 7) is 0.254. The van der Waals surface area contributed by atoms with Crippen LogP contribution in [0.3, 0.4) is 0 Å². The molecule has 2 amide bonds. The molecule has 0 aliphatic heterocycles. The molecular weight excluding hydrogens is 584 g/mol. The molecule has 8 nitrogen and oxygen atoms in total. The number of primary amides is 1. The molecule has 9 heteroatoms. The molecule has 184 valence electrons. The van der Waals surface area contributed by atoms with Gasteiger partial charge >= 0.3 is 186 Å². The van der Waals surface area contributed by atoms with Gasteiger partial charge in [-0.25, -0.2) is 0 Å². The minimum absolute atomic E-state index is 0.0147. The van der Waals surface area contributed by atoms with E-state index >= 15 is 0 Å². The van der Waals surface area contributed by atoms with Gasteiger partial charge in [-0.1, -0.05) is 0 Å². The van der Waals surface area contributed by atoms with E-state index in [0.29, 0.717) is 19.3 Å². The van der Waals surface area contributed by atoms with Gasteiger partial charge in [0.25, 0.3) is 0 Å². The third-order valence-corrected chi connectivity index (χ3v) is 6.77. The summed E-state index contributed by atoms with van der Waals surface area (Å²) in [6.07, 6.45) is 13.0. The summed E-state index contributed by atoms with van der Waals surface area (Å²) in [5, 5.41) is 20.5. The fraction of sp³-hybridized carbons (Fsp3) is 0.783. The number of carboxylic acids is 2. The minimum atomic E-state index is -0.951. The fourth-order valence-corrected chi connectivity index (χ4v) is 4.46. The second kappa shape index (κ2) is 20.1. The molecule has 1 atom stereocenters. The first-order valence-corrected chi connectivity index (χ1v) is 13.2. The Morgan fingerprint density at radius 1 is 0.750 bits per heavy atom. The number of carboxylic acid groups (broad SMARTS) is 2. The molecule has 0 bridgehead atoms. The Labute approximate surface area is 202 Å². The Bertz CT molecular complexity index is 597. The number of nitrogens with one attached hydrogen (secondary N) is 1. The van der Waals surface area contributed by atoms with Gasteiger partial charge in [0.1, 0.15) is 0 Å². The molecule has 0 fully saturated rings. The van der Waals surface area contributed by atoms with Crippen LogP contribution < -0.4 is 11.1 Å². The second-order valence-electron chi connectivity index (χ2n) is 8.31. The first-order chi connectivity index (χ1) is 15.2. The van der Waals surface area contributed by atoms with Crippen LogP contribution >= 0.6 is 0 Å². The van der Waals surface area contributed by atoms with Crippen LogP contribution in [-0.4, -0.2) is 44.4 Å². The van der Waals surface area contributed by atoms with Crippen LogP contribution in [0.4, 0.5) is 0 Å². The Morgan fingerprint density at radius 3 is 1.81 bits per heavy atom. The van der Waals surface area contributed by atoms with E-state index in [9.17, 15) is 24.3 Å². The number of aliphatic carboxylic acids is 2. The van der Waals surface area contributed by atoms with E-state index in [-0.39, 0.29) is 31.2 Å². The number of amides is 2. The molecule has 0 spiro atoms. The SMILES string of the molecule is NC(=O)CCCCCCCC[C](=[W])CCCCC[C@H](CC(=O)NCCCC(=O)O)C(=O)O. The van der Waals surface area contributed by atoms with Gasteiger partial charge in [0.05, 0.1) is 0 Å². The van der Waals surface area contributed by atoms with Gasteiger partial charge in [-0.15, -0.1) is 0 Å². The first-order valence-electron chi connectivity index (χ1n) is 11.7. The van der Waals surface area contributed by atoms with Crippen molar-refractivity contribution in [2.45, 2.75) is 103 Å². The third kappa shape index (κ3) is 20.3. The third-order valence-electron chi connectivity index (χ3n) is 5.31. The van der Waals surface area contributed by atoms with Crippen LogP contribution in [0, 0.1) is 5.92 Å². The number of carbonyl (C=O) groups is 4. The van der Waals surface area contributed by atoms with E-state index in [1.165, 1.54) is 38.6 Å². The van der Waals surface area contributed by atoms with E-state index in [0.717, 1.165) is 51.4 Å². The second-order valence-corrected chi connectivity index (χ2v) is 10.4. The van der Waals surface area contributed by atoms with Crippen molar-refractivity contribution in [2.24, 2.45) is 11.7 Å². The summed E-state index contributed by atoms with van der Waals surface area (Å²) < 4.78 is 1.56. The zero-order chi connectivity index (χ0) is 24.2.